The van der Waals surface area contributed by atoms with E-state index in [2.05, 4.69) is 0 Å². The van der Waals surface area contributed by atoms with Crippen LogP contribution >= 0.6 is 0 Å². The van der Waals surface area contributed by atoms with Gasteiger partial charge in [-0.05, 0) is 24.3 Å². The van der Waals surface area contributed by atoms with Gasteiger partial charge in [0, 0.05) is 11.1 Å². The molecule has 1 heterocycles. The van der Waals surface area contributed by atoms with Crippen LogP contribution in [0.15, 0.2) is 88.7 Å². The van der Waals surface area contributed by atoms with E-state index in [0.29, 0.717) is 14.8 Å². The van der Waals surface area contributed by atoms with E-state index < -0.39 is 20.0 Å². The molecule has 0 amide bonds. The second kappa shape index (κ2) is 5.44. The second-order valence-corrected chi connectivity index (χ2v) is 9.31. The van der Waals surface area contributed by atoms with Crippen LogP contribution in [0.1, 0.15) is 0 Å². The number of benzene rings is 3. The number of fused-ring (bicyclic) bond motifs is 3. The molecule has 0 radical (unpaired) electrons. The summed E-state index contributed by atoms with van der Waals surface area (Å²) in [5.74, 6) is 0. The maximum absolute atomic E-state index is 13.1. The standard InChI is InChI=1S/C18H13NO4S2/c20-24(21,14-8-2-1-3-9-14)19-17-12-6-4-10-15(17)16-11-5-7-13-18(16)25(19,22)23/h1-13H. The van der Waals surface area contributed by atoms with Crippen molar-refractivity contribution >= 4 is 25.7 Å². The molecule has 0 aliphatic carbocycles. The van der Waals surface area contributed by atoms with Gasteiger partial charge in [0.15, 0.2) is 0 Å². The van der Waals surface area contributed by atoms with Gasteiger partial charge in [-0.15, -0.1) is 0 Å². The molecule has 0 aromatic heterocycles. The lowest BCUT2D eigenvalue weighted by molar-refractivity contribution is 0.583. The van der Waals surface area contributed by atoms with E-state index >= 15 is 0 Å². The number of sulfonamides is 2. The van der Waals surface area contributed by atoms with Crippen LogP contribution in [0, 0.1) is 0 Å². The Kier molecular flexibility index (Phi) is 3.45. The van der Waals surface area contributed by atoms with Crippen molar-refractivity contribution < 1.29 is 16.8 Å². The molecule has 0 saturated heterocycles. The van der Waals surface area contributed by atoms with Crippen LogP contribution in [0.3, 0.4) is 0 Å². The molecule has 0 unspecified atom stereocenters. The SMILES string of the molecule is O=S(=O)(c1ccccc1)N1c2ccccc2-c2ccccc2S1(=O)=O. The van der Waals surface area contributed by atoms with Crippen LogP contribution < -0.4 is 3.71 Å². The molecule has 3 aromatic rings. The summed E-state index contributed by atoms with van der Waals surface area (Å²) in [7, 11) is -8.54. The van der Waals surface area contributed by atoms with E-state index in [1.54, 1.807) is 54.6 Å². The average Bonchev–Trinajstić information content (AvgIpc) is 2.62. The Hall–Kier alpha value is -2.64. The summed E-state index contributed by atoms with van der Waals surface area (Å²) in [4.78, 5) is -0.0963. The summed E-state index contributed by atoms with van der Waals surface area (Å²) in [5, 5.41) is 0. The monoisotopic (exact) mass is 371 g/mol. The zero-order chi connectivity index (χ0) is 17.7. The highest BCUT2D eigenvalue weighted by Crippen LogP contribution is 2.45. The normalized spacial score (nSPS) is 15.3. The molecule has 126 valence electrons. The molecule has 1 aliphatic heterocycles. The number of para-hydroxylation sites is 1. The third-order valence-electron chi connectivity index (χ3n) is 4.03. The Bertz CT molecular complexity index is 1150. The minimum Gasteiger partial charge on any atom is -0.200 e. The fraction of sp³-hybridized carbons (Fsp3) is 0. The second-order valence-electron chi connectivity index (χ2n) is 5.53. The van der Waals surface area contributed by atoms with E-state index in [1.807, 2.05) is 0 Å². The van der Waals surface area contributed by atoms with Gasteiger partial charge in [0.25, 0.3) is 20.0 Å². The zero-order valence-electron chi connectivity index (χ0n) is 12.9. The zero-order valence-corrected chi connectivity index (χ0v) is 14.5. The first-order valence-corrected chi connectivity index (χ1v) is 10.4. The van der Waals surface area contributed by atoms with Gasteiger partial charge in [-0.3, -0.25) is 0 Å². The Morgan fingerprint density at radius 1 is 0.680 bits per heavy atom. The number of hydrogen-bond acceptors (Lipinski definition) is 4. The Labute approximate surface area is 146 Å². The number of nitrogens with zero attached hydrogens (tertiary/aromatic N) is 1. The number of hydrogen-bond donors (Lipinski definition) is 0. The van der Waals surface area contributed by atoms with Gasteiger partial charge in [0.1, 0.15) is 0 Å². The summed E-state index contributed by atoms with van der Waals surface area (Å²) in [6.07, 6.45) is 0. The van der Waals surface area contributed by atoms with Crippen molar-refractivity contribution in [3.05, 3.63) is 78.9 Å². The summed E-state index contributed by atoms with van der Waals surface area (Å²) in [5.41, 5.74) is 1.19. The van der Waals surface area contributed by atoms with Gasteiger partial charge in [-0.2, -0.15) is 12.1 Å². The van der Waals surface area contributed by atoms with Gasteiger partial charge in [-0.1, -0.05) is 54.6 Å². The minimum absolute atomic E-state index is 0.0202. The van der Waals surface area contributed by atoms with Gasteiger partial charge < -0.3 is 0 Å². The van der Waals surface area contributed by atoms with Crippen molar-refractivity contribution in [1.82, 2.24) is 0 Å². The van der Waals surface area contributed by atoms with Crippen LogP contribution in [0.5, 0.6) is 0 Å². The molecule has 0 spiro atoms. The van der Waals surface area contributed by atoms with Crippen LogP contribution in [0.25, 0.3) is 11.1 Å². The molecule has 0 saturated carbocycles. The molecule has 25 heavy (non-hydrogen) atoms. The number of rotatable bonds is 2. The summed E-state index contributed by atoms with van der Waals surface area (Å²) < 4.78 is 53.0. The van der Waals surface area contributed by atoms with Crippen molar-refractivity contribution in [2.75, 3.05) is 3.71 Å². The molecule has 0 atom stereocenters. The molecule has 0 N–H and O–H groups in total. The van der Waals surface area contributed by atoms with Gasteiger partial charge in [0.2, 0.25) is 0 Å². The van der Waals surface area contributed by atoms with Gasteiger partial charge >= 0.3 is 0 Å². The maximum Gasteiger partial charge on any atom is 0.278 e. The van der Waals surface area contributed by atoms with Crippen LogP contribution in [0.4, 0.5) is 5.69 Å². The molecule has 5 nitrogen and oxygen atoms in total. The largest absolute Gasteiger partial charge is 0.278 e. The molecular weight excluding hydrogens is 358 g/mol. The minimum atomic E-state index is -4.28. The quantitative estimate of drug-likeness (QED) is 0.693. The maximum atomic E-state index is 13.1. The summed E-state index contributed by atoms with van der Waals surface area (Å²) >= 11 is 0. The van der Waals surface area contributed by atoms with Gasteiger partial charge in [0.05, 0.1) is 15.5 Å². The van der Waals surface area contributed by atoms with Crippen molar-refractivity contribution in [3.63, 3.8) is 0 Å². The van der Waals surface area contributed by atoms with E-state index in [4.69, 9.17) is 0 Å². The number of anilines is 1. The first-order valence-electron chi connectivity index (χ1n) is 7.48. The predicted molar refractivity (Wildman–Crippen MR) is 95.2 cm³/mol. The van der Waals surface area contributed by atoms with Crippen molar-refractivity contribution in [3.8, 4) is 11.1 Å². The van der Waals surface area contributed by atoms with Gasteiger partial charge in [-0.25, -0.2) is 8.42 Å². The molecule has 4 rings (SSSR count). The summed E-state index contributed by atoms with van der Waals surface area (Å²) in [6, 6.07) is 20.6. The highest BCUT2D eigenvalue weighted by molar-refractivity contribution is 8.10. The smallest absolute Gasteiger partial charge is 0.200 e. The van der Waals surface area contributed by atoms with Crippen LogP contribution in [-0.2, 0) is 20.0 Å². The Balaban J connectivity index is 2.08. The fourth-order valence-electron chi connectivity index (χ4n) is 2.94. The Morgan fingerprint density at radius 2 is 1.24 bits per heavy atom. The highest BCUT2D eigenvalue weighted by Gasteiger charge is 2.42. The van der Waals surface area contributed by atoms with E-state index in [0.717, 1.165) is 0 Å². The predicted octanol–water partition coefficient (Wildman–Crippen LogP) is 3.25. The third-order valence-corrected chi connectivity index (χ3v) is 8.26. The fourth-order valence-corrected chi connectivity index (χ4v) is 6.89. The molecule has 0 fully saturated rings. The highest BCUT2D eigenvalue weighted by atomic mass is 32.3. The van der Waals surface area contributed by atoms with Crippen LogP contribution in [-0.4, -0.2) is 16.8 Å². The lowest BCUT2D eigenvalue weighted by Crippen LogP contribution is -2.39. The molecule has 0 bridgehead atoms. The van der Waals surface area contributed by atoms with Crippen molar-refractivity contribution in [2.24, 2.45) is 0 Å². The molecule has 3 aromatic carbocycles. The lowest BCUT2D eigenvalue weighted by Gasteiger charge is -2.31. The Morgan fingerprint density at radius 3 is 1.96 bits per heavy atom. The van der Waals surface area contributed by atoms with E-state index in [1.165, 1.54) is 24.3 Å². The first kappa shape index (κ1) is 15.9. The van der Waals surface area contributed by atoms with E-state index in [-0.39, 0.29) is 15.5 Å². The molecular formula is C18H13NO4S2. The molecule has 7 heteroatoms. The lowest BCUT2D eigenvalue weighted by atomic mass is 10.0. The topological polar surface area (TPSA) is 71.5 Å². The van der Waals surface area contributed by atoms with Crippen molar-refractivity contribution in [1.29, 1.82) is 0 Å². The van der Waals surface area contributed by atoms with Crippen molar-refractivity contribution in [2.45, 2.75) is 9.79 Å². The third kappa shape index (κ3) is 2.27. The first-order chi connectivity index (χ1) is 11.9. The van der Waals surface area contributed by atoms with Crippen LogP contribution in [0.2, 0.25) is 0 Å². The van der Waals surface area contributed by atoms with E-state index in [9.17, 15) is 16.8 Å². The summed E-state index contributed by atoms with van der Waals surface area (Å²) in [6.45, 7) is 0. The molecule has 1 aliphatic rings. The average molecular weight is 371 g/mol.